The van der Waals surface area contributed by atoms with Gasteiger partial charge in [-0.05, 0) is 41.2 Å². The molecule has 0 radical (unpaired) electrons. The monoisotopic (exact) mass is 396 g/mol. The van der Waals surface area contributed by atoms with Crippen molar-refractivity contribution in [3.8, 4) is 11.3 Å². The average Bonchev–Trinajstić information content (AvgIpc) is 3.11. The minimum absolute atomic E-state index is 0.521. The molecule has 0 atom stereocenters. The summed E-state index contributed by atoms with van der Waals surface area (Å²) in [6, 6.07) is 21.6. The number of hydrogen-bond acceptors (Lipinski definition) is 3. The van der Waals surface area contributed by atoms with Crippen LogP contribution in [0.15, 0.2) is 66.9 Å². The Morgan fingerprint density at radius 1 is 0.967 bits per heavy atom. The molecule has 0 bridgehead atoms. The summed E-state index contributed by atoms with van der Waals surface area (Å²) in [4.78, 5) is 7.50. The molecule has 2 N–H and O–H groups in total. The van der Waals surface area contributed by atoms with E-state index in [0.29, 0.717) is 5.92 Å². The molecule has 4 aromatic rings. The molecular weight excluding hydrogens is 368 g/mol. The van der Waals surface area contributed by atoms with Crippen molar-refractivity contribution in [3.63, 3.8) is 0 Å². The van der Waals surface area contributed by atoms with Crippen LogP contribution in [0.5, 0.6) is 0 Å². The minimum Gasteiger partial charge on any atom is -0.398 e. The van der Waals surface area contributed by atoms with E-state index in [1.165, 1.54) is 22.4 Å². The third kappa shape index (κ3) is 3.48. The fourth-order valence-corrected chi connectivity index (χ4v) is 4.42. The lowest BCUT2D eigenvalue weighted by Gasteiger charge is -2.28. The Morgan fingerprint density at radius 2 is 1.73 bits per heavy atom. The first-order valence-corrected chi connectivity index (χ1v) is 10.7. The first-order valence-electron chi connectivity index (χ1n) is 10.7. The van der Waals surface area contributed by atoms with Gasteiger partial charge in [0.2, 0.25) is 0 Å². The van der Waals surface area contributed by atoms with E-state index < -0.39 is 0 Å². The first kappa shape index (κ1) is 18.9. The Hall–Kier alpha value is -3.11. The number of pyridine rings is 1. The summed E-state index contributed by atoms with van der Waals surface area (Å²) in [5.41, 5.74) is 15.5. The highest BCUT2D eigenvalue weighted by molar-refractivity contribution is 5.68. The Balaban J connectivity index is 1.54. The van der Waals surface area contributed by atoms with E-state index in [9.17, 15) is 0 Å². The van der Waals surface area contributed by atoms with Crippen LogP contribution in [0, 0.1) is 0 Å². The average molecular weight is 397 g/mol. The zero-order valence-corrected chi connectivity index (χ0v) is 17.7. The smallest absolute Gasteiger partial charge is 0.137 e. The van der Waals surface area contributed by atoms with Gasteiger partial charge in [0.05, 0.1) is 11.4 Å². The molecular formula is C26H28N4. The van der Waals surface area contributed by atoms with E-state index in [-0.39, 0.29) is 0 Å². The quantitative estimate of drug-likeness (QED) is 0.511. The van der Waals surface area contributed by atoms with Crippen molar-refractivity contribution < 1.29 is 0 Å². The second-order valence-electron chi connectivity index (χ2n) is 8.60. The Kier molecular flexibility index (Phi) is 4.80. The van der Waals surface area contributed by atoms with E-state index in [1.807, 2.05) is 18.3 Å². The summed E-state index contributed by atoms with van der Waals surface area (Å²) in [5.74, 6) is 0.521. The fourth-order valence-electron chi connectivity index (χ4n) is 4.42. The van der Waals surface area contributed by atoms with Crippen LogP contribution in [0.4, 0.5) is 5.69 Å². The fraction of sp³-hybridized carbons (Fsp3) is 0.269. The number of anilines is 1. The molecule has 0 fully saturated rings. The van der Waals surface area contributed by atoms with Crippen molar-refractivity contribution in [2.75, 3.05) is 12.3 Å². The molecule has 0 amide bonds. The van der Waals surface area contributed by atoms with Gasteiger partial charge in [0, 0.05) is 37.1 Å². The zero-order valence-electron chi connectivity index (χ0n) is 17.7. The Morgan fingerprint density at radius 3 is 2.50 bits per heavy atom. The zero-order chi connectivity index (χ0) is 20.7. The number of nitrogen functional groups attached to an aromatic ring is 1. The van der Waals surface area contributed by atoms with Crippen LogP contribution >= 0.6 is 0 Å². The molecule has 0 aliphatic carbocycles. The number of nitrogens with two attached hydrogens (primary N) is 1. The first-order chi connectivity index (χ1) is 14.6. The summed E-state index contributed by atoms with van der Waals surface area (Å²) < 4.78 is 2.17. The number of nitrogens with zero attached hydrogens (tertiary/aromatic N) is 3. The second-order valence-corrected chi connectivity index (χ2v) is 8.60. The van der Waals surface area contributed by atoms with Gasteiger partial charge in [0.25, 0.3) is 0 Å². The second kappa shape index (κ2) is 7.62. The predicted octanol–water partition coefficient (Wildman–Crippen LogP) is 5.27. The molecule has 1 aliphatic rings. The Bertz CT molecular complexity index is 1190. The summed E-state index contributed by atoms with van der Waals surface area (Å²) in [6.45, 7) is 7.32. The predicted molar refractivity (Wildman–Crippen MR) is 123 cm³/mol. The molecule has 0 saturated carbocycles. The number of imidazole rings is 1. The number of benzene rings is 2. The number of rotatable bonds is 4. The van der Waals surface area contributed by atoms with E-state index in [4.69, 9.17) is 10.7 Å². The largest absolute Gasteiger partial charge is 0.398 e. The van der Waals surface area contributed by atoms with Gasteiger partial charge in [-0.1, -0.05) is 62.4 Å². The molecule has 3 heterocycles. The molecule has 0 unspecified atom stereocenters. The van der Waals surface area contributed by atoms with Gasteiger partial charge in [0.15, 0.2) is 0 Å². The highest BCUT2D eigenvalue weighted by Crippen LogP contribution is 2.29. The summed E-state index contributed by atoms with van der Waals surface area (Å²) in [7, 11) is 0. The highest BCUT2D eigenvalue weighted by atomic mass is 15.2. The minimum atomic E-state index is 0.521. The topological polar surface area (TPSA) is 46.6 Å². The SMILES string of the molecule is CC(C)c1ccc(-c2nc3ccc(N)cn3c2CN2CCc3ccccc3C2)cc1. The van der Waals surface area contributed by atoms with Crippen molar-refractivity contribution in [1.29, 1.82) is 0 Å². The molecule has 5 rings (SSSR count). The number of hydrogen-bond donors (Lipinski definition) is 1. The highest BCUT2D eigenvalue weighted by Gasteiger charge is 2.21. The molecule has 0 spiro atoms. The normalized spacial score (nSPS) is 14.4. The van der Waals surface area contributed by atoms with Crippen LogP contribution in [0.25, 0.3) is 16.9 Å². The maximum absolute atomic E-state index is 6.13. The van der Waals surface area contributed by atoms with Crippen LogP contribution in [0.3, 0.4) is 0 Å². The van der Waals surface area contributed by atoms with Crippen molar-refractivity contribution in [1.82, 2.24) is 14.3 Å². The third-order valence-electron chi connectivity index (χ3n) is 6.17. The van der Waals surface area contributed by atoms with E-state index >= 15 is 0 Å². The van der Waals surface area contributed by atoms with Crippen LogP contribution in [-0.2, 0) is 19.5 Å². The lowest BCUT2D eigenvalue weighted by atomic mass is 9.99. The van der Waals surface area contributed by atoms with Gasteiger partial charge in [-0.25, -0.2) is 4.98 Å². The lowest BCUT2D eigenvalue weighted by molar-refractivity contribution is 0.242. The van der Waals surface area contributed by atoms with Crippen LogP contribution < -0.4 is 5.73 Å². The van der Waals surface area contributed by atoms with E-state index in [1.54, 1.807) is 0 Å². The van der Waals surface area contributed by atoms with Crippen LogP contribution in [-0.4, -0.2) is 20.8 Å². The summed E-state index contributed by atoms with van der Waals surface area (Å²) in [6.07, 6.45) is 3.09. The summed E-state index contributed by atoms with van der Waals surface area (Å²) >= 11 is 0. The number of fused-ring (bicyclic) bond motifs is 2. The van der Waals surface area contributed by atoms with Crippen molar-refractivity contribution in [2.24, 2.45) is 0 Å². The third-order valence-corrected chi connectivity index (χ3v) is 6.17. The molecule has 4 nitrogen and oxygen atoms in total. The lowest BCUT2D eigenvalue weighted by Crippen LogP contribution is -2.30. The van der Waals surface area contributed by atoms with Crippen LogP contribution in [0.1, 0.15) is 42.1 Å². The van der Waals surface area contributed by atoms with Gasteiger partial charge in [0.1, 0.15) is 5.65 Å². The van der Waals surface area contributed by atoms with Crippen molar-refractivity contribution in [3.05, 3.63) is 89.2 Å². The molecule has 1 aliphatic heterocycles. The molecule has 2 aromatic carbocycles. The molecule has 0 saturated heterocycles. The molecule has 2 aromatic heterocycles. The van der Waals surface area contributed by atoms with Gasteiger partial charge in [-0.15, -0.1) is 0 Å². The molecule has 30 heavy (non-hydrogen) atoms. The van der Waals surface area contributed by atoms with Gasteiger partial charge in [-0.2, -0.15) is 0 Å². The van der Waals surface area contributed by atoms with Gasteiger partial charge in [-0.3, -0.25) is 4.90 Å². The standard InChI is InChI=1S/C26H28N4/c1-18(2)19-7-9-21(10-8-19)26-24(30-16-23(27)11-12-25(30)28-26)17-29-14-13-20-5-3-4-6-22(20)15-29/h3-12,16,18H,13-15,17,27H2,1-2H3. The maximum atomic E-state index is 6.13. The summed E-state index contributed by atoms with van der Waals surface area (Å²) in [5, 5.41) is 0. The van der Waals surface area contributed by atoms with E-state index in [2.05, 4.69) is 71.7 Å². The Labute approximate surface area is 178 Å². The van der Waals surface area contributed by atoms with Crippen LogP contribution in [0.2, 0.25) is 0 Å². The maximum Gasteiger partial charge on any atom is 0.137 e. The number of aromatic nitrogens is 2. The van der Waals surface area contributed by atoms with Crippen molar-refractivity contribution >= 4 is 11.3 Å². The van der Waals surface area contributed by atoms with Gasteiger partial charge >= 0.3 is 0 Å². The van der Waals surface area contributed by atoms with Crippen molar-refractivity contribution in [2.45, 2.75) is 39.3 Å². The van der Waals surface area contributed by atoms with Gasteiger partial charge < -0.3 is 10.1 Å². The molecule has 152 valence electrons. The van der Waals surface area contributed by atoms with E-state index in [0.717, 1.165) is 48.6 Å². The molecule has 4 heteroatoms.